The standard InChI is InChI=1S/C13H15ClN2/c1-8-9(2)16(7-10-3-4-10)12-11(8)5-6-15-13(12)14/h5-6,10H,3-4,7H2,1-2H3. The van der Waals surface area contributed by atoms with Gasteiger partial charge in [0, 0.05) is 23.8 Å². The molecular weight excluding hydrogens is 220 g/mol. The van der Waals surface area contributed by atoms with Crippen molar-refractivity contribution in [2.24, 2.45) is 5.92 Å². The maximum Gasteiger partial charge on any atom is 0.153 e. The molecule has 0 saturated heterocycles. The SMILES string of the molecule is Cc1c(C)n(CC2CC2)c2c(Cl)nccc12. The Balaban J connectivity index is 2.27. The van der Waals surface area contributed by atoms with Gasteiger partial charge in [-0.15, -0.1) is 0 Å². The Morgan fingerprint density at radius 2 is 2.19 bits per heavy atom. The van der Waals surface area contributed by atoms with E-state index in [4.69, 9.17) is 11.6 Å². The fourth-order valence-electron chi connectivity index (χ4n) is 2.34. The molecule has 16 heavy (non-hydrogen) atoms. The van der Waals surface area contributed by atoms with Crippen LogP contribution in [0.15, 0.2) is 12.3 Å². The molecule has 1 fully saturated rings. The Hall–Kier alpha value is -1.02. The lowest BCUT2D eigenvalue weighted by Crippen LogP contribution is -2.02. The van der Waals surface area contributed by atoms with Crippen molar-refractivity contribution in [3.8, 4) is 0 Å². The van der Waals surface area contributed by atoms with Gasteiger partial charge < -0.3 is 4.57 Å². The summed E-state index contributed by atoms with van der Waals surface area (Å²) in [4.78, 5) is 4.19. The number of pyridine rings is 1. The molecule has 0 amide bonds. The number of aryl methyl sites for hydroxylation is 1. The molecule has 0 N–H and O–H groups in total. The zero-order valence-corrected chi connectivity index (χ0v) is 10.4. The van der Waals surface area contributed by atoms with E-state index < -0.39 is 0 Å². The molecule has 1 aliphatic rings. The van der Waals surface area contributed by atoms with Crippen molar-refractivity contribution in [2.75, 3.05) is 0 Å². The van der Waals surface area contributed by atoms with Crippen molar-refractivity contribution in [3.05, 3.63) is 28.7 Å². The van der Waals surface area contributed by atoms with Crippen LogP contribution in [0.3, 0.4) is 0 Å². The summed E-state index contributed by atoms with van der Waals surface area (Å²) in [5.74, 6) is 0.852. The number of fused-ring (bicyclic) bond motifs is 1. The third-order valence-electron chi connectivity index (χ3n) is 3.64. The third kappa shape index (κ3) is 1.44. The Morgan fingerprint density at radius 1 is 1.44 bits per heavy atom. The summed E-state index contributed by atoms with van der Waals surface area (Å²) in [5.41, 5.74) is 3.78. The van der Waals surface area contributed by atoms with Crippen molar-refractivity contribution in [1.29, 1.82) is 0 Å². The maximum atomic E-state index is 6.22. The second-order valence-electron chi connectivity index (χ2n) is 4.76. The fourth-order valence-corrected chi connectivity index (χ4v) is 2.60. The molecule has 84 valence electrons. The van der Waals surface area contributed by atoms with Gasteiger partial charge in [0.2, 0.25) is 0 Å². The second kappa shape index (κ2) is 3.49. The van der Waals surface area contributed by atoms with E-state index in [1.54, 1.807) is 6.20 Å². The molecule has 2 heterocycles. The van der Waals surface area contributed by atoms with Crippen molar-refractivity contribution < 1.29 is 0 Å². The van der Waals surface area contributed by atoms with Gasteiger partial charge in [-0.2, -0.15) is 0 Å². The molecule has 2 aromatic rings. The quantitative estimate of drug-likeness (QED) is 0.725. The topological polar surface area (TPSA) is 17.8 Å². The Kier molecular flexibility index (Phi) is 2.21. The summed E-state index contributed by atoms with van der Waals surface area (Å²) >= 11 is 6.22. The third-order valence-corrected chi connectivity index (χ3v) is 3.92. The van der Waals surface area contributed by atoms with Crippen LogP contribution >= 0.6 is 11.6 Å². The van der Waals surface area contributed by atoms with E-state index in [1.807, 2.05) is 0 Å². The highest BCUT2D eigenvalue weighted by molar-refractivity contribution is 6.34. The molecule has 3 rings (SSSR count). The minimum absolute atomic E-state index is 0.634. The first kappa shape index (κ1) is 10.2. The highest BCUT2D eigenvalue weighted by Crippen LogP contribution is 2.35. The monoisotopic (exact) mass is 234 g/mol. The van der Waals surface area contributed by atoms with Gasteiger partial charge >= 0.3 is 0 Å². The van der Waals surface area contributed by atoms with Crippen molar-refractivity contribution in [1.82, 2.24) is 9.55 Å². The van der Waals surface area contributed by atoms with Crippen LogP contribution in [0.1, 0.15) is 24.1 Å². The molecule has 0 aliphatic heterocycles. The minimum Gasteiger partial charge on any atom is -0.342 e. The van der Waals surface area contributed by atoms with Gasteiger partial charge in [0.1, 0.15) is 0 Å². The molecule has 3 heteroatoms. The van der Waals surface area contributed by atoms with Gasteiger partial charge in [0.05, 0.1) is 5.52 Å². The molecule has 0 atom stereocenters. The highest BCUT2D eigenvalue weighted by Gasteiger charge is 2.24. The highest BCUT2D eigenvalue weighted by atomic mass is 35.5. The molecule has 2 aromatic heterocycles. The van der Waals surface area contributed by atoms with Crippen molar-refractivity contribution in [3.63, 3.8) is 0 Å². The number of hydrogen-bond donors (Lipinski definition) is 0. The first-order valence-electron chi connectivity index (χ1n) is 5.78. The molecule has 1 saturated carbocycles. The lowest BCUT2D eigenvalue weighted by molar-refractivity contribution is 0.631. The number of rotatable bonds is 2. The van der Waals surface area contributed by atoms with Gasteiger partial charge in [0.25, 0.3) is 0 Å². The van der Waals surface area contributed by atoms with Gasteiger partial charge in [-0.1, -0.05) is 11.6 Å². The van der Waals surface area contributed by atoms with E-state index in [0.717, 1.165) is 18.0 Å². The molecule has 0 bridgehead atoms. The van der Waals surface area contributed by atoms with Crippen molar-refractivity contribution in [2.45, 2.75) is 33.2 Å². The molecule has 1 aliphatic carbocycles. The normalized spacial score (nSPS) is 15.9. The van der Waals surface area contributed by atoms with Crippen LogP contribution in [0.2, 0.25) is 5.15 Å². The lowest BCUT2D eigenvalue weighted by Gasteiger charge is -2.07. The van der Waals surface area contributed by atoms with Gasteiger partial charge in [-0.05, 0) is 44.2 Å². The van der Waals surface area contributed by atoms with E-state index in [1.165, 1.54) is 29.5 Å². The minimum atomic E-state index is 0.634. The van der Waals surface area contributed by atoms with Crippen LogP contribution in [-0.4, -0.2) is 9.55 Å². The first-order valence-corrected chi connectivity index (χ1v) is 6.16. The van der Waals surface area contributed by atoms with E-state index in [-0.39, 0.29) is 0 Å². The van der Waals surface area contributed by atoms with Crippen LogP contribution in [0.25, 0.3) is 10.9 Å². The summed E-state index contributed by atoms with van der Waals surface area (Å²) in [6.07, 6.45) is 4.50. The van der Waals surface area contributed by atoms with E-state index in [0.29, 0.717) is 5.15 Å². The second-order valence-corrected chi connectivity index (χ2v) is 5.12. The van der Waals surface area contributed by atoms with Crippen LogP contribution in [0.4, 0.5) is 0 Å². The average Bonchev–Trinajstić information content (AvgIpc) is 3.04. The largest absolute Gasteiger partial charge is 0.342 e. The molecule has 0 aromatic carbocycles. The average molecular weight is 235 g/mol. The summed E-state index contributed by atoms with van der Waals surface area (Å²) < 4.78 is 2.34. The van der Waals surface area contributed by atoms with Gasteiger partial charge in [-0.3, -0.25) is 0 Å². The number of halogens is 1. The predicted octanol–water partition coefficient (Wildman–Crippen LogP) is 3.72. The van der Waals surface area contributed by atoms with Crippen LogP contribution in [-0.2, 0) is 6.54 Å². The van der Waals surface area contributed by atoms with E-state index in [2.05, 4.69) is 29.5 Å². The summed E-state index contributed by atoms with van der Waals surface area (Å²) in [7, 11) is 0. The smallest absolute Gasteiger partial charge is 0.153 e. The van der Waals surface area contributed by atoms with Crippen LogP contribution in [0, 0.1) is 19.8 Å². The summed E-state index contributed by atoms with van der Waals surface area (Å²) in [5, 5.41) is 1.88. The fraction of sp³-hybridized carbons (Fsp3) is 0.462. The lowest BCUT2D eigenvalue weighted by atomic mass is 10.2. The number of nitrogens with zero attached hydrogens (tertiary/aromatic N) is 2. The molecule has 2 nitrogen and oxygen atoms in total. The van der Waals surface area contributed by atoms with Crippen molar-refractivity contribution >= 4 is 22.5 Å². The van der Waals surface area contributed by atoms with Crippen LogP contribution < -0.4 is 0 Å². The van der Waals surface area contributed by atoms with E-state index in [9.17, 15) is 0 Å². The molecule has 0 radical (unpaired) electrons. The zero-order chi connectivity index (χ0) is 11.3. The predicted molar refractivity (Wildman–Crippen MR) is 66.9 cm³/mol. The van der Waals surface area contributed by atoms with Gasteiger partial charge in [0.15, 0.2) is 5.15 Å². The Morgan fingerprint density at radius 3 is 2.88 bits per heavy atom. The molecule has 0 spiro atoms. The van der Waals surface area contributed by atoms with Crippen LogP contribution in [0.5, 0.6) is 0 Å². The Bertz CT molecular complexity index is 553. The van der Waals surface area contributed by atoms with E-state index >= 15 is 0 Å². The molecule has 0 unspecified atom stereocenters. The number of aromatic nitrogens is 2. The maximum absolute atomic E-state index is 6.22. The summed E-state index contributed by atoms with van der Waals surface area (Å²) in [6.45, 7) is 5.44. The Labute approximate surface area is 100 Å². The number of hydrogen-bond acceptors (Lipinski definition) is 1. The first-order chi connectivity index (χ1) is 7.68. The van der Waals surface area contributed by atoms with Gasteiger partial charge in [-0.25, -0.2) is 4.98 Å². The molecular formula is C13H15ClN2. The summed E-state index contributed by atoms with van der Waals surface area (Å²) in [6, 6.07) is 2.06. The zero-order valence-electron chi connectivity index (χ0n) is 9.63.